The molecule has 5 rings (SSSR count). The number of rotatable bonds is 6. The highest BCUT2D eigenvalue weighted by Gasteiger charge is 2.33. The number of aryl methyl sites for hydroxylation is 1. The van der Waals surface area contributed by atoms with E-state index in [1.807, 2.05) is 48.0 Å². The van der Waals surface area contributed by atoms with Crippen LogP contribution in [0.15, 0.2) is 49.1 Å². The van der Waals surface area contributed by atoms with Crippen LogP contribution in [0.1, 0.15) is 31.0 Å². The Morgan fingerprint density at radius 1 is 1.19 bits per heavy atom. The summed E-state index contributed by atoms with van der Waals surface area (Å²) >= 11 is 6.58. The Balaban J connectivity index is 1.33. The summed E-state index contributed by atoms with van der Waals surface area (Å²) in [5.41, 5.74) is 3.37. The number of halogens is 1. The van der Waals surface area contributed by atoms with E-state index in [0.717, 1.165) is 48.8 Å². The number of hydrogen-bond acceptors (Lipinski definition) is 8. The molecule has 4 aromatic rings. The van der Waals surface area contributed by atoms with Gasteiger partial charge in [-0.25, -0.2) is 15.0 Å². The Bertz CT molecular complexity index is 1410. The monoisotopic (exact) mass is 501 g/mol. The first kappa shape index (κ1) is 23.8. The number of hydrogen-bond donors (Lipinski definition) is 1. The van der Waals surface area contributed by atoms with Crippen molar-refractivity contribution < 1.29 is 0 Å². The third kappa shape index (κ3) is 4.64. The number of imidazole rings is 1. The lowest BCUT2D eigenvalue weighted by Crippen LogP contribution is -2.50. The van der Waals surface area contributed by atoms with Gasteiger partial charge in [0.15, 0.2) is 5.82 Å². The van der Waals surface area contributed by atoms with Crippen LogP contribution in [0.25, 0.3) is 5.65 Å². The molecule has 5 heterocycles. The molecule has 0 aromatic carbocycles. The van der Waals surface area contributed by atoms with Crippen molar-refractivity contribution in [2.24, 2.45) is 5.92 Å². The highest BCUT2D eigenvalue weighted by molar-refractivity contribution is 6.32. The van der Waals surface area contributed by atoms with Gasteiger partial charge in [-0.3, -0.25) is 0 Å². The summed E-state index contributed by atoms with van der Waals surface area (Å²) in [6.45, 7) is 5.97. The molecule has 0 radical (unpaired) electrons. The van der Waals surface area contributed by atoms with E-state index < -0.39 is 0 Å². The Labute approximate surface area is 215 Å². The van der Waals surface area contributed by atoms with Crippen LogP contribution in [0, 0.1) is 24.2 Å². The van der Waals surface area contributed by atoms with Crippen molar-refractivity contribution in [1.29, 1.82) is 5.26 Å². The quantitative estimate of drug-likeness (QED) is 0.401. The highest BCUT2D eigenvalue weighted by Crippen LogP contribution is 2.33. The van der Waals surface area contributed by atoms with Gasteiger partial charge < -0.3 is 19.5 Å². The average Bonchev–Trinajstić information content (AvgIpc) is 3.28. The first-order chi connectivity index (χ1) is 17.5. The minimum absolute atomic E-state index is 0.272. The van der Waals surface area contributed by atoms with Gasteiger partial charge in [0, 0.05) is 62.2 Å². The van der Waals surface area contributed by atoms with Gasteiger partial charge in [-0.15, -0.1) is 0 Å². The number of nitrogens with one attached hydrogen (secondary N) is 1. The van der Waals surface area contributed by atoms with Crippen LogP contribution >= 0.6 is 11.6 Å². The number of nitrogens with zero attached hydrogens (tertiary/aromatic N) is 8. The summed E-state index contributed by atoms with van der Waals surface area (Å²) in [6.07, 6.45) is 9.06. The fourth-order valence-electron chi connectivity index (χ4n) is 4.92. The zero-order valence-electron chi connectivity index (χ0n) is 20.6. The van der Waals surface area contributed by atoms with Gasteiger partial charge in [-0.2, -0.15) is 10.2 Å². The lowest BCUT2D eigenvalue weighted by atomic mass is 9.88. The van der Waals surface area contributed by atoms with Crippen LogP contribution in [0.5, 0.6) is 0 Å². The maximum atomic E-state index is 9.05. The fourth-order valence-corrected chi connectivity index (χ4v) is 5.14. The normalized spacial score (nSPS) is 17.7. The van der Waals surface area contributed by atoms with Crippen LogP contribution in [-0.4, -0.2) is 50.5 Å². The van der Waals surface area contributed by atoms with Gasteiger partial charge in [0.1, 0.15) is 22.6 Å². The van der Waals surface area contributed by atoms with E-state index in [9.17, 15) is 0 Å². The minimum Gasteiger partial charge on any atom is -0.356 e. The Hall–Kier alpha value is -3.90. The van der Waals surface area contributed by atoms with Crippen LogP contribution in [0.3, 0.4) is 0 Å². The summed E-state index contributed by atoms with van der Waals surface area (Å²) in [5.74, 6) is 2.50. The lowest BCUT2D eigenvalue weighted by molar-refractivity contribution is 0.335. The van der Waals surface area contributed by atoms with E-state index in [0.29, 0.717) is 28.3 Å². The molecule has 36 heavy (non-hydrogen) atoms. The Morgan fingerprint density at radius 3 is 2.81 bits per heavy atom. The standard InChI is InChI=1S/C26H28ClN9/c1-4-19-16-35(23-6-5-18(12-28)14-30-23)9-8-22(19)34(3)25-21(27)15-31-26(33-25)32-20-7-10-36-17(2)13-29-24(36)11-20/h5-7,10-11,13-15,19,22H,4,8-9,16H2,1-3H3,(H,31,32,33). The van der Waals surface area contributed by atoms with Crippen molar-refractivity contribution in [2.45, 2.75) is 32.7 Å². The number of anilines is 4. The van der Waals surface area contributed by atoms with E-state index in [1.54, 1.807) is 12.4 Å². The molecule has 1 saturated heterocycles. The molecule has 0 bridgehead atoms. The van der Waals surface area contributed by atoms with E-state index in [4.69, 9.17) is 21.8 Å². The predicted molar refractivity (Wildman–Crippen MR) is 142 cm³/mol. The number of piperidine rings is 1. The first-order valence-electron chi connectivity index (χ1n) is 12.0. The number of aromatic nitrogens is 5. The second-order valence-electron chi connectivity index (χ2n) is 9.13. The van der Waals surface area contributed by atoms with E-state index >= 15 is 0 Å². The molecule has 9 nitrogen and oxygen atoms in total. The molecule has 1 fully saturated rings. The molecule has 2 atom stereocenters. The number of pyridine rings is 2. The van der Waals surface area contributed by atoms with Crippen LogP contribution in [0.4, 0.5) is 23.3 Å². The average molecular weight is 502 g/mol. The third-order valence-corrected chi connectivity index (χ3v) is 7.20. The summed E-state index contributed by atoms with van der Waals surface area (Å²) in [7, 11) is 2.06. The van der Waals surface area contributed by atoms with Gasteiger partial charge in [0.25, 0.3) is 0 Å². The molecule has 0 spiro atoms. The molecule has 0 saturated carbocycles. The second-order valence-corrected chi connectivity index (χ2v) is 9.54. The van der Waals surface area contributed by atoms with Crippen LogP contribution in [-0.2, 0) is 0 Å². The molecule has 184 valence electrons. The third-order valence-electron chi connectivity index (χ3n) is 6.93. The fraction of sp³-hybridized carbons (Fsp3) is 0.346. The molecule has 4 aromatic heterocycles. The smallest absolute Gasteiger partial charge is 0.229 e. The van der Waals surface area contributed by atoms with Gasteiger partial charge in [-0.05, 0) is 43.9 Å². The molecule has 1 aliphatic rings. The predicted octanol–water partition coefficient (Wildman–Crippen LogP) is 4.84. The summed E-state index contributed by atoms with van der Waals surface area (Å²) in [4.78, 5) is 22.6. The number of fused-ring (bicyclic) bond motifs is 1. The topological polar surface area (TPSA) is 98.3 Å². The molecule has 2 unspecified atom stereocenters. The molecule has 0 aliphatic carbocycles. The maximum Gasteiger partial charge on any atom is 0.229 e. The summed E-state index contributed by atoms with van der Waals surface area (Å²) in [6, 6.07) is 10.1. The van der Waals surface area contributed by atoms with Gasteiger partial charge >= 0.3 is 0 Å². The Morgan fingerprint density at radius 2 is 2.06 bits per heavy atom. The second kappa shape index (κ2) is 9.99. The van der Waals surface area contributed by atoms with E-state index in [-0.39, 0.29) is 6.04 Å². The number of nitriles is 1. The summed E-state index contributed by atoms with van der Waals surface area (Å²) in [5, 5.41) is 12.9. The van der Waals surface area contributed by atoms with Gasteiger partial charge in [0.2, 0.25) is 5.95 Å². The Kier molecular flexibility index (Phi) is 6.61. The largest absolute Gasteiger partial charge is 0.356 e. The molecule has 1 N–H and O–H groups in total. The van der Waals surface area contributed by atoms with Crippen molar-refractivity contribution >= 4 is 40.5 Å². The van der Waals surface area contributed by atoms with E-state index in [1.165, 1.54) is 0 Å². The maximum absolute atomic E-state index is 9.05. The van der Waals surface area contributed by atoms with Crippen molar-refractivity contribution in [3.05, 3.63) is 65.3 Å². The van der Waals surface area contributed by atoms with E-state index in [2.05, 4.69) is 50.1 Å². The van der Waals surface area contributed by atoms with Crippen LogP contribution in [0.2, 0.25) is 5.02 Å². The van der Waals surface area contributed by atoms with Crippen LogP contribution < -0.4 is 15.1 Å². The van der Waals surface area contributed by atoms with Crippen molar-refractivity contribution in [1.82, 2.24) is 24.3 Å². The molecule has 10 heteroatoms. The summed E-state index contributed by atoms with van der Waals surface area (Å²) < 4.78 is 2.03. The molecule has 0 amide bonds. The minimum atomic E-state index is 0.272. The first-order valence-corrected chi connectivity index (χ1v) is 12.4. The van der Waals surface area contributed by atoms with Gasteiger partial charge in [0.05, 0.1) is 11.8 Å². The SMILES string of the molecule is CCC1CN(c2ccc(C#N)cn2)CCC1N(C)c1nc(Nc2ccn3c(C)cnc3c2)ncc1Cl. The zero-order chi connectivity index (χ0) is 25.2. The van der Waals surface area contributed by atoms with Crippen molar-refractivity contribution in [2.75, 3.05) is 35.3 Å². The zero-order valence-corrected chi connectivity index (χ0v) is 21.3. The van der Waals surface area contributed by atoms with Crippen molar-refractivity contribution in [3.63, 3.8) is 0 Å². The van der Waals surface area contributed by atoms with Crippen molar-refractivity contribution in [3.8, 4) is 6.07 Å². The highest BCUT2D eigenvalue weighted by atomic mass is 35.5. The molecular weight excluding hydrogens is 474 g/mol. The molecular formula is C26H28ClN9. The van der Waals surface area contributed by atoms with Gasteiger partial charge in [-0.1, -0.05) is 18.5 Å². The molecule has 1 aliphatic heterocycles. The lowest BCUT2D eigenvalue weighted by Gasteiger charge is -2.43.